The molecule has 5 aromatic carbocycles. The van der Waals surface area contributed by atoms with Crippen LogP contribution in [0, 0.1) is 0 Å². The second-order valence-corrected chi connectivity index (χ2v) is 7.01. The Kier molecular flexibility index (Phi) is 3.77. The van der Waals surface area contributed by atoms with Crippen molar-refractivity contribution in [2.75, 3.05) is 0 Å². The fraction of sp³-hybridized carbons (Fsp3) is 0. The number of benzene rings is 5. The van der Waals surface area contributed by atoms with E-state index in [9.17, 15) is 10.2 Å². The number of phenols is 2. The first-order chi connectivity index (χ1) is 13.7. The lowest BCUT2D eigenvalue weighted by Gasteiger charge is -2.15. The Bertz CT molecular complexity index is 1320. The number of phenolic OH excluding ortho intramolecular Hbond substituents is 2. The molecular weight excluding hydrogens is 344 g/mol. The minimum absolute atomic E-state index is 0.243. The van der Waals surface area contributed by atoms with Gasteiger partial charge in [-0.3, -0.25) is 0 Å². The molecular formula is C26H18O2. The number of fused-ring (bicyclic) bond motifs is 2. The third-order valence-corrected chi connectivity index (χ3v) is 5.20. The van der Waals surface area contributed by atoms with Crippen LogP contribution in [0.4, 0.5) is 0 Å². The molecule has 0 saturated heterocycles. The van der Waals surface area contributed by atoms with Gasteiger partial charge in [0, 0.05) is 0 Å². The Morgan fingerprint density at radius 2 is 1.21 bits per heavy atom. The van der Waals surface area contributed by atoms with Gasteiger partial charge >= 0.3 is 0 Å². The van der Waals surface area contributed by atoms with Crippen molar-refractivity contribution in [2.45, 2.75) is 0 Å². The Labute approximate surface area is 162 Å². The van der Waals surface area contributed by atoms with Crippen LogP contribution in [-0.4, -0.2) is 10.2 Å². The number of hydrogen-bond donors (Lipinski definition) is 2. The van der Waals surface area contributed by atoms with Crippen LogP contribution in [0.15, 0.2) is 97.1 Å². The Hall–Kier alpha value is -3.78. The second kappa shape index (κ2) is 6.43. The molecule has 5 aromatic rings. The van der Waals surface area contributed by atoms with Crippen LogP contribution in [0.25, 0.3) is 43.8 Å². The first kappa shape index (κ1) is 16.4. The van der Waals surface area contributed by atoms with E-state index in [4.69, 9.17) is 0 Å². The summed E-state index contributed by atoms with van der Waals surface area (Å²) in [6, 6.07) is 31.6. The summed E-state index contributed by atoms with van der Waals surface area (Å²) < 4.78 is 0. The molecule has 0 aliphatic rings. The van der Waals surface area contributed by atoms with Crippen molar-refractivity contribution >= 4 is 21.5 Å². The lowest BCUT2D eigenvalue weighted by molar-refractivity contribution is 0.475. The fourth-order valence-electron chi connectivity index (χ4n) is 3.87. The molecule has 0 bridgehead atoms. The average Bonchev–Trinajstić information content (AvgIpc) is 2.72. The van der Waals surface area contributed by atoms with Crippen molar-refractivity contribution in [1.82, 2.24) is 0 Å². The van der Waals surface area contributed by atoms with Crippen molar-refractivity contribution < 1.29 is 10.2 Å². The van der Waals surface area contributed by atoms with Gasteiger partial charge in [-0.05, 0) is 80.2 Å². The molecule has 0 saturated carbocycles. The van der Waals surface area contributed by atoms with Crippen LogP contribution < -0.4 is 0 Å². The molecule has 28 heavy (non-hydrogen) atoms. The van der Waals surface area contributed by atoms with Gasteiger partial charge in [0.15, 0.2) is 0 Å². The molecule has 0 aliphatic carbocycles. The molecule has 5 rings (SSSR count). The summed E-state index contributed by atoms with van der Waals surface area (Å²) >= 11 is 0. The van der Waals surface area contributed by atoms with E-state index in [0.29, 0.717) is 0 Å². The van der Waals surface area contributed by atoms with Gasteiger partial charge in [-0.25, -0.2) is 0 Å². The highest BCUT2D eigenvalue weighted by atomic mass is 16.3. The molecule has 0 spiro atoms. The van der Waals surface area contributed by atoms with Gasteiger partial charge in [-0.1, -0.05) is 60.7 Å². The second-order valence-electron chi connectivity index (χ2n) is 7.01. The van der Waals surface area contributed by atoms with Crippen molar-refractivity contribution in [1.29, 1.82) is 0 Å². The zero-order valence-electron chi connectivity index (χ0n) is 15.1. The maximum Gasteiger partial charge on any atom is 0.116 e. The quantitative estimate of drug-likeness (QED) is 0.341. The lowest BCUT2D eigenvalue weighted by Crippen LogP contribution is -1.89. The molecule has 2 N–H and O–H groups in total. The van der Waals surface area contributed by atoms with Crippen LogP contribution in [-0.2, 0) is 0 Å². The highest BCUT2D eigenvalue weighted by Crippen LogP contribution is 2.40. The van der Waals surface area contributed by atoms with E-state index in [-0.39, 0.29) is 11.5 Å². The maximum atomic E-state index is 9.99. The molecule has 0 aliphatic heterocycles. The highest BCUT2D eigenvalue weighted by Gasteiger charge is 2.13. The normalized spacial score (nSPS) is 11.1. The van der Waals surface area contributed by atoms with Gasteiger partial charge in [-0.15, -0.1) is 0 Å². The maximum absolute atomic E-state index is 9.99. The molecule has 0 atom stereocenters. The monoisotopic (exact) mass is 362 g/mol. The van der Waals surface area contributed by atoms with E-state index in [1.165, 1.54) is 10.8 Å². The molecule has 0 aromatic heterocycles. The molecule has 2 heteroatoms. The van der Waals surface area contributed by atoms with Gasteiger partial charge < -0.3 is 10.2 Å². The summed E-state index contributed by atoms with van der Waals surface area (Å²) in [5.74, 6) is 0.487. The zero-order valence-corrected chi connectivity index (χ0v) is 15.1. The molecule has 134 valence electrons. The highest BCUT2D eigenvalue weighted by molar-refractivity contribution is 6.09. The van der Waals surface area contributed by atoms with Crippen LogP contribution in [0.2, 0.25) is 0 Å². The molecule has 2 nitrogen and oxygen atoms in total. The van der Waals surface area contributed by atoms with Crippen LogP contribution >= 0.6 is 0 Å². The molecule has 0 radical (unpaired) electrons. The standard InChI is InChI=1S/C26H18O2/c27-22-11-8-17(9-12-22)26-24(20-6-3-7-23(28)15-20)13-10-21-14-18-4-1-2-5-19(18)16-25(21)26/h1-16,27-28H. The lowest BCUT2D eigenvalue weighted by atomic mass is 9.88. The smallest absolute Gasteiger partial charge is 0.116 e. The van der Waals surface area contributed by atoms with Crippen molar-refractivity contribution in [2.24, 2.45) is 0 Å². The minimum Gasteiger partial charge on any atom is -0.508 e. The first-order valence-corrected chi connectivity index (χ1v) is 9.23. The van der Waals surface area contributed by atoms with Gasteiger partial charge in [0.2, 0.25) is 0 Å². The summed E-state index contributed by atoms with van der Waals surface area (Å²) in [4.78, 5) is 0. The number of rotatable bonds is 2. The number of aromatic hydroxyl groups is 2. The van der Waals surface area contributed by atoms with E-state index < -0.39 is 0 Å². The topological polar surface area (TPSA) is 40.5 Å². The first-order valence-electron chi connectivity index (χ1n) is 9.23. The van der Waals surface area contributed by atoms with Gasteiger partial charge in [-0.2, -0.15) is 0 Å². The van der Waals surface area contributed by atoms with Crippen molar-refractivity contribution in [3.63, 3.8) is 0 Å². The third-order valence-electron chi connectivity index (χ3n) is 5.20. The molecule has 0 heterocycles. The average molecular weight is 362 g/mol. The fourth-order valence-corrected chi connectivity index (χ4v) is 3.87. The third kappa shape index (κ3) is 2.76. The largest absolute Gasteiger partial charge is 0.508 e. The summed E-state index contributed by atoms with van der Waals surface area (Å²) in [6.45, 7) is 0. The van der Waals surface area contributed by atoms with Gasteiger partial charge in [0.1, 0.15) is 11.5 Å². The van der Waals surface area contributed by atoms with Crippen molar-refractivity contribution in [3.05, 3.63) is 97.1 Å². The van der Waals surface area contributed by atoms with Crippen LogP contribution in [0.3, 0.4) is 0 Å². The summed E-state index contributed by atoms with van der Waals surface area (Å²) in [7, 11) is 0. The molecule has 0 amide bonds. The van der Waals surface area contributed by atoms with E-state index in [0.717, 1.165) is 33.0 Å². The van der Waals surface area contributed by atoms with Crippen LogP contribution in [0.5, 0.6) is 11.5 Å². The summed E-state index contributed by atoms with van der Waals surface area (Å²) in [6.07, 6.45) is 0. The zero-order chi connectivity index (χ0) is 19.1. The SMILES string of the molecule is Oc1ccc(-c2c(-c3cccc(O)c3)ccc3cc4ccccc4cc23)cc1. The minimum atomic E-state index is 0.243. The van der Waals surface area contributed by atoms with Crippen LogP contribution in [0.1, 0.15) is 0 Å². The van der Waals surface area contributed by atoms with E-state index >= 15 is 0 Å². The van der Waals surface area contributed by atoms with Gasteiger partial charge in [0.05, 0.1) is 0 Å². The predicted octanol–water partition coefficient (Wildman–Crippen LogP) is 6.74. The Balaban J connectivity index is 1.90. The predicted molar refractivity (Wildman–Crippen MR) is 116 cm³/mol. The molecule has 0 unspecified atom stereocenters. The summed E-state index contributed by atoms with van der Waals surface area (Å²) in [5, 5.41) is 24.4. The van der Waals surface area contributed by atoms with E-state index in [1.54, 1.807) is 24.3 Å². The van der Waals surface area contributed by atoms with Gasteiger partial charge in [0.25, 0.3) is 0 Å². The summed E-state index contributed by atoms with van der Waals surface area (Å²) in [5.41, 5.74) is 4.12. The Morgan fingerprint density at radius 1 is 0.464 bits per heavy atom. The van der Waals surface area contributed by atoms with Crippen molar-refractivity contribution in [3.8, 4) is 33.8 Å². The molecule has 0 fully saturated rings. The van der Waals surface area contributed by atoms with E-state index in [2.05, 4.69) is 42.5 Å². The van der Waals surface area contributed by atoms with E-state index in [1.807, 2.05) is 30.3 Å². The number of hydrogen-bond acceptors (Lipinski definition) is 2. The Morgan fingerprint density at radius 3 is 1.96 bits per heavy atom.